The quantitative estimate of drug-likeness (QED) is 0.579. The van der Waals surface area contributed by atoms with E-state index in [1.54, 1.807) is 54.6 Å². The Kier molecular flexibility index (Phi) is 7.23. The van der Waals surface area contributed by atoms with E-state index in [1.165, 1.54) is 5.56 Å². The van der Waals surface area contributed by atoms with E-state index in [-0.39, 0.29) is 16.6 Å². The van der Waals surface area contributed by atoms with Gasteiger partial charge < -0.3 is 10.2 Å². The van der Waals surface area contributed by atoms with Crippen molar-refractivity contribution in [1.29, 1.82) is 0 Å². The molecule has 0 aliphatic carbocycles. The Morgan fingerprint density at radius 2 is 1.55 bits per heavy atom. The van der Waals surface area contributed by atoms with Crippen molar-refractivity contribution in [3.05, 3.63) is 95.6 Å². The fraction of sp³-hybridized carbons (Fsp3) is 0.269. The first kappa shape index (κ1) is 23.2. The molecule has 172 valence electrons. The molecule has 0 unspecified atom stereocenters. The third kappa shape index (κ3) is 6.28. The first-order valence-electron chi connectivity index (χ1n) is 11.1. The Bertz CT molecular complexity index is 1190. The van der Waals surface area contributed by atoms with Gasteiger partial charge in [-0.15, -0.1) is 0 Å². The topological polar surface area (TPSA) is 69.7 Å². The second-order valence-corrected chi connectivity index (χ2v) is 10.5. The summed E-state index contributed by atoms with van der Waals surface area (Å²) in [5.41, 5.74) is 2.93. The maximum Gasteiger partial charge on any atom is 0.255 e. The zero-order valence-electron chi connectivity index (χ0n) is 18.8. The first-order chi connectivity index (χ1) is 15.9. The highest BCUT2D eigenvalue weighted by molar-refractivity contribution is 7.90. The van der Waals surface area contributed by atoms with Gasteiger partial charge in [0.15, 0.2) is 9.84 Å². The zero-order valence-corrected chi connectivity index (χ0v) is 19.6. The molecule has 0 atom stereocenters. The van der Waals surface area contributed by atoms with Crippen molar-refractivity contribution in [2.24, 2.45) is 0 Å². The second-order valence-electron chi connectivity index (χ2n) is 8.50. The number of sulfone groups is 1. The minimum absolute atomic E-state index is 0.154. The minimum Gasteiger partial charge on any atom is -0.322 e. The highest BCUT2D eigenvalue weighted by atomic mass is 32.2. The van der Waals surface area contributed by atoms with Crippen LogP contribution in [0.1, 0.15) is 21.5 Å². The summed E-state index contributed by atoms with van der Waals surface area (Å²) in [5.74, 6) is -0.417. The van der Waals surface area contributed by atoms with Crippen LogP contribution in [0.3, 0.4) is 0 Å². The molecule has 6 nitrogen and oxygen atoms in total. The molecule has 7 heteroatoms. The number of carbonyl (C=O) groups is 1. The number of anilines is 1. The fourth-order valence-corrected chi connectivity index (χ4v) is 5.25. The van der Waals surface area contributed by atoms with Gasteiger partial charge in [0.2, 0.25) is 0 Å². The van der Waals surface area contributed by atoms with Crippen molar-refractivity contribution in [3.8, 4) is 0 Å². The van der Waals surface area contributed by atoms with Crippen LogP contribution in [0.2, 0.25) is 0 Å². The van der Waals surface area contributed by atoms with Crippen molar-refractivity contribution < 1.29 is 13.2 Å². The highest BCUT2D eigenvalue weighted by Crippen LogP contribution is 2.18. The third-order valence-corrected chi connectivity index (χ3v) is 7.57. The van der Waals surface area contributed by atoms with E-state index in [4.69, 9.17) is 0 Å². The fourth-order valence-electron chi connectivity index (χ4n) is 3.89. The van der Waals surface area contributed by atoms with Crippen LogP contribution in [0.4, 0.5) is 5.69 Å². The van der Waals surface area contributed by atoms with Crippen molar-refractivity contribution in [2.45, 2.75) is 17.2 Å². The van der Waals surface area contributed by atoms with Gasteiger partial charge in [-0.1, -0.05) is 42.5 Å². The Morgan fingerprint density at radius 1 is 0.848 bits per heavy atom. The molecule has 0 saturated carbocycles. The number of amides is 1. The minimum atomic E-state index is -3.47. The molecule has 0 aromatic heterocycles. The maximum absolute atomic E-state index is 12.8. The van der Waals surface area contributed by atoms with Gasteiger partial charge >= 0.3 is 0 Å². The molecule has 1 aliphatic rings. The van der Waals surface area contributed by atoms with E-state index in [2.05, 4.69) is 22.2 Å². The lowest BCUT2D eigenvalue weighted by molar-refractivity contribution is 0.102. The molecular formula is C26H29N3O3S. The van der Waals surface area contributed by atoms with Gasteiger partial charge in [0.1, 0.15) is 0 Å². The standard InChI is InChI=1S/C26H29N3O3S/c1-28-14-16-29(17-15-28)19-21-10-12-24(13-11-21)27-26(30)23-7-5-6-22(18-23)20-33(31,32)25-8-3-2-4-9-25/h2-13,18H,14-17,19-20H2,1H3,(H,27,30). The summed E-state index contributed by atoms with van der Waals surface area (Å²) in [6.07, 6.45) is 0. The van der Waals surface area contributed by atoms with E-state index in [0.717, 1.165) is 32.7 Å². The largest absolute Gasteiger partial charge is 0.322 e. The molecule has 1 saturated heterocycles. The van der Waals surface area contributed by atoms with Crippen molar-refractivity contribution in [3.63, 3.8) is 0 Å². The van der Waals surface area contributed by atoms with E-state index < -0.39 is 9.84 Å². The Morgan fingerprint density at radius 3 is 2.24 bits per heavy atom. The molecule has 1 heterocycles. The van der Waals surface area contributed by atoms with Crippen molar-refractivity contribution >= 4 is 21.4 Å². The number of hydrogen-bond donors (Lipinski definition) is 1. The SMILES string of the molecule is CN1CCN(Cc2ccc(NC(=O)c3cccc(CS(=O)(=O)c4ccccc4)c3)cc2)CC1. The monoisotopic (exact) mass is 463 g/mol. The molecule has 3 aromatic rings. The van der Waals surface area contributed by atoms with Gasteiger partial charge in [0, 0.05) is 44.0 Å². The molecule has 33 heavy (non-hydrogen) atoms. The summed E-state index contributed by atoms with van der Waals surface area (Å²) in [7, 11) is -1.33. The summed E-state index contributed by atoms with van der Waals surface area (Å²) in [4.78, 5) is 17.8. The molecule has 4 rings (SSSR count). The Hall–Kier alpha value is -3.00. The molecule has 3 aromatic carbocycles. The zero-order chi connectivity index (χ0) is 23.3. The average Bonchev–Trinajstić information content (AvgIpc) is 2.82. The van der Waals surface area contributed by atoms with Crippen LogP contribution in [0.15, 0.2) is 83.8 Å². The predicted molar refractivity (Wildman–Crippen MR) is 131 cm³/mol. The molecule has 1 aliphatic heterocycles. The number of nitrogens with zero attached hydrogens (tertiary/aromatic N) is 2. The predicted octanol–water partition coefficient (Wildman–Crippen LogP) is 3.66. The number of rotatable bonds is 7. The molecule has 0 radical (unpaired) electrons. The summed E-state index contributed by atoms with van der Waals surface area (Å²) in [6.45, 7) is 5.19. The van der Waals surface area contributed by atoms with Gasteiger partial charge in [-0.2, -0.15) is 0 Å². The lowest BCUT2D eigenvalue weighted by Gasteiger charge is -2.32. The number of carbonyl (C=O) groups excluding carboxylic acids is 1. The Labute approximate surface area is 195 Å². The van der Waals surface area contributed by atoms with Crippen LogP contribution in [-0.2, 0) is 22.1 Å². The molecule has 1 amide bonds. The number of piperazine rings is 1. The first-order valence-corrected chi connectivity index (χ1v) is 12.7. The summed E-state index contributed by atoms with van der Waals surface area (Å²) in [6, 6.07) is 23.0. The molecule has 0 spiro atoms. The van der Waals surface area contributed by atoms with Gasteiger partial charge in [-0.25, -0.2) is 8.42 Å². The summed E-state index contributed by atoms with van der Waals surface area (Å²) < 4.78 is 25.3. The Balaban J connectivity index is 1.37. The van der Waals surface area contributed by atoms with E-state index in [9.17, 15) is 13.2 Å². The number of benzene rings is 3. The number of nitrogens with one attached hydrogen (secondary N) is 1. The lowest BCUT2D eigenvalue weighted by atomic mass is 10.1. The molecular weight excluding hydrogens is 434 g/mol. The summed E-state index contributed by atoms with van der Waals surface area (Å²) >= 11 is 0. The number of likely N-dealkylation sites (N-methyl/N-ethyl adjacent to an activating group) is 1. The molecule has 0 bridgehead atoms. The molecule has 1 N–H and O–H groups in total. The third-order valence-electron chi connectivity index (χ3n) is 5.86. The molecule has 1 fully saturated rings. The van der Waals surface area contributed by atoms with Gasteiger partial charge in [0.05, 0.1) is 10.6 Å². The van der Waals surface area contributed by atoms with Crippen LogP contribution in [0, 0.1) is 0 Å². The van der Waals surface area contributed by atoms with Crippen LogP contribution < -0.4 is 5.32 Å². The number of hydrogen-bond acceptors (Lipinski definition) is 5. The second kappa shape index (κ2) is 10.3. The van der Waals surface area contributed by atoms with Crippen LogP contribution in [0.25, 0.3) is 0 Å². The lowest BCUT2D eigenvalue weighted by Crippen LogP contribution is -2.43. The normalized spacial score (nSPS) is 15.3. The van der Waals surface area contributed by atoms with Crippen LogP contribution in [-0.4, -0.2) is 57.4 Å². The van der Waals surface area contributed by atoms with Gasteiger partial charge in [-0.3, -0.25) is 9.69 Å². The summed E-state index contributed by atoms with van der Waals surface area (Å²) in [5, 5.41) is 2.91. The smallest absolute Gasteiger partial charge is 0.255 e. The van der Waals surface area contributed by atoms with Gasteiger partial charge in [0.25, 0.3) is 5.91 Å². The van der Waals surface area contributed by atoms with E-state index in [1.807, 2.05) is 24.3 Å². The van der Waals surface area contributed by atoms with E-state index >= 15 is 0 Å². The van der Waals surface area contributed by atoms with Crippen molar-refractivity contribution in [2.75, 3.05) is 38.5 Å². The van der Waals surface area contributed by atoms with Crippen LogP contribution in [0.5, 0.6) is 0 Å². The average molecular weight is 464 g/mol. The van der Waals surface area contributed by atoms with E-state index in [0.29, 0.717) is 16.8 Å². The van der Waals surface area contributed by atoms with Gasteiger partial charge in [-0.05, 0) is 54.6 Å². The highest BCUT2D eigenvalue weighted by Gasteiger charge is 2.17. The van der Waals surface area contributed by atoms with Crippen molar-refractivity contribution in [1.82, 2.24) is 9.80 Å². The van der Waals surface area contributed by atoms with Crippen LogP contribution >= 0.6 is 0 Å². The maximum atomic E-state index is 12.8.